The van der Waals surface area contributed by atoms with E-state index in [0.29, 0.717) is 5.56 Å². The summed E-state index contributed by atoms with van der Waals surface area (Å²) in [5.41, 5.74) is -0.173. The molecule has 1 aliphatic heterocycles. The Morgan fingerprint density at radius 3 is 2.28 bits per heavy atom. The lowest BCUT2D eigenvalue weighted by atomic mass is 9.99. The number of ether oxygens (including phenoxy) is 2. The van der Waals surface area contributed by atoms with E-state index in [2.05, 4.69) is 0 Å². The van der Waals surface area contributed by atoms with Crippen molar-refractivity contribution >= 4 is 16.9 Å². The van der Waals surface area contributed by atoms with Crippen LogP contribution in [0.3, 0.4) is 0 Å². The second kappa shape index (κ2) is 8.13. The van der Waals surface area contributed by atoms with E-state index in [4.69, 9.17) is 19.0 Å². The minimum Gasteiger partial charge on any atom is -0.508 e. The van der Waals surface area contributed by atoms with E-state index < -0.39 is 47.9 Å². The van der Waals surface area contributed by atoms with Gasteiger partial charge in [0.1, 0.15) is 52.3 Å². The highest BCUT2D eigenvalue weighted by Gasteiger charge is 2.48. The number of aliphatic hydroxyl groups excluding tert-OH is 3. The van der Waals surface area contributed by atoms with Gasteiger partial charge in [-0.3, -0.25) is 4.79 Å². The fourth-order valence-corrected chi connectivity index (χ4v) is 3.36. The Morgan fingerprint density at radius 2 is 1.62 bits per heavy atom. The van der Waals surface area contributed by atoms with E-state index in [9.17, 15) is 35.1 Å². The average Bonchev–Trinajstić information content (AvgIpc) is 2.73. The summed E-state index contributed by atoms with van der Waals surface area (Å²) in [4.78, 5) is 23.7. The highest BCUT2D eigenvalue weighted by atomic mass is 16.7. The van der Waals surface area contributed by atoms with Crippen LogP contribution in [0.4, 0.5) is 0 Å². The molecule has 3 aromatic rings. The second-order valence-corrected chi connectivity index (χ2v) is 7.19. The summed E-state index contributed by atoms with van der Waals surface area (Å²) in [5.74, 6) is -2.11. The molecule has 4 rings (SSSR count). The van der Waals surface area contributed by atoms with Crippen molar-refractivity contribution in [3.05, 3.63) is 52.7 Å². The third-order valence-corrected chi connectivity index (χ3v) is 5.00. The van der Waals surface area contributed by atoms with Crippen molar-refractivity contribution < 1.29 is 49.3 Å². The summed E-state index contributed by atoms with van der Waals surface area (Å²) < 4.78 is 16.1. The molecule has 2 heterocycles. The van der Waals surface area contributed by atoms with Gasteiger partial charge in [0.05, 0.1) is 0 Å². The topological polar surface area (TPSA) is 187 Å². The lowest BCUT2D eigenvalue weighted by molar-refractivity contribution is -0.271. The number of hydrogen-bond acceptors (Lipinski definition) is 10. The van der Waals surface area contributed by atoms with E-state index in [1.165, 1.54) is 30.3 Å². The number of aliphatic carboxylic acids is 1. The Kier molecular flexibility index (Phi) is 5.48. The third kappa shape index (κ3) is 3.85. The Balaban J connectivity index is 1.71. The number of phenolic OH excluding ortho intramolecular Hbond substituents is 2. The molecule has 0 aliphatic carbocycles. The van der Waals surface area contributed by atoms with E-state index in [0.717, 1.165) is 12.1 Å². The molecular formula is C21H18O11. The van der Waals surface area contributed by atoms with Gasteiger partial charge < -0.3 is 44.5 Å². The first-order chi connectivity index (χ1) is 15.2. The van der Waals surface area contributed by atoms with E-state index in [1.807, 2.05) is 0 Å². The maximum atomic E-state index is 12.5. The first kappa shape index (κ1) is 21.6. The first-order valence-electron chi connectivity index (χ1n) is 9.35. The van der Waals surface area contributed by atoms with Crippen molar-refractivity contribution in [2.24, 2.45) is 0 Å². The van der Waals surface area contributed by atoms with Gasteiger partial charge in [-0.2, -0.15) is 0 Å². The maximum Gasteiger partial charge on any atom is 0.335 e. The molecule has 0 bridgehead atoms. The lowest BCUT2D eigenvalue weighted by Crippen LogP contribution is -2.61. The Morgan fingerprint density at radius 1 is 0.938 bits per heavy atom. The molecule has 0 saturated carbocycles. The molecule has 6 N–H and O–H groups in total. The molecule has 2 aromatic carbocycles. The number of carbonyl (C=O) groups is 1. The van der Waals surface area contributed by atoms with Crippen LogP contribution in [0.25, 0.3) is 22.3 Å². The van der Waals surface area contributed by atoms with Gasteiger partial charge in [0, 0.05) is 23.8 Å². The zero-order valence-electron chi connectivity index (χ0n) is 16.2. The normalized spacial score (nSPS) is 25.5. The fourth-order valence-electron chi connectivity index (χ4n) is 3.36. The van der Waals surface area contributed by atoms with Crippen LogP contribution in [-0.2, 0) is 9.53 Å². The second-order valence-electron chi connectivity index (χ2n) is 7.19. The predicted molar refractivity (Wildman–Crippen MR) is 106 cm³/mol. The number of aliphatic hydroxyl groups is 3. The Hall–Kier alpha value is -3.64. The Bertz CT molecular complexity index is 1220. The van der Waals surface area contributed by atoms with Gasteiger partial charge in [0.25, 0.3) is 0 Å². The number of carboxylic acid groups (broad SMARTS) is 1. The molecule has 11 heteroatoms. The molecule has 5 atom stereocenters. The summed E-state index contributed by atoms with van der Waals surface area (Å²) in [7, 11) is 0. The first-order valence-corrected chi connectivity index (χ1v) is 9.35. The molecule has 0 radical (unpaired) electrons. The van der Waals surface area contributed by atoms with Crippen molar-refractivity contribution in [1.29, 1.82) is 0 Å². The van der Waals surface area contributed by atoms with Crippen molar-refractivity contribution in [1.82, 2.24) is 0 Å². The number of hydrogen-bond donors (Lipinski definition) is 6. The number of aromatic hydroxyl groups is 2. The zero-order chi connectivity index (χ0) is 23.2. The van der Waals surface area contributed by atoms with Crippen LogP contribution in [0, 0.1) is 0 Å². The van der Waals surface area contributed by atoms with Crippen LogP contribution in [0.15, 0.2) is 51.7 Å². The smallest absolute Gasteiger partial charge is 0.335 e. The highest BCUT2D eigenvalue weighted by molar-refractivity contribution is 5.86. The summed E-state index contributed by atoms with van der Waals surface area (Å²) in [6.45, 7) is 0. The van der Waals surface area contributed by atoms with Crippen LogP contribution < -0.4 is 10.2 Å². The fraction of sp³-hybridized carbons (Fsp3) is 0.238. The quantitative estimate of drug-likeness (QED) is 0.320. The van der Waals surface area contributed by atoms with Crippen LogP contribution in [0.5, 0.6) is 17.2 Å². The number of phenols is 2. The van der Waals surface area contributed by atoms with Crippen molar-refractivity contribution in [2.45, 2.75) is 30.7 Å². The molecule has 1 aliphatic rings. The van der Waals surface area contributed by atoms with Gasteiger partial charge in [-0.25, -0.2) is 4.79 Å². The molecule has 11 nitrogen and oxygen atoms in total. The zero-order valence-corrected chi connectivity index (χ0v) is 16.2. The average molecular weight is 446 g/mol. The minimum absolute atomic E-state index is 0.0169. The molecule has 1 saturated heterocycles. The predicted octanol–water partition coefficient (Wildman–Crippen LogP) is 0.142. The van der Waals surface area contributed by atoms with Crippen LogP contribution >= 0.6 is 0 Å². The number of benzene rings is 2. The minimum atomic E-state index is -1.89. The molecular weight excluding hydrogens is 428 g/mol. The summed E-state index contributed by atoms with van der Waals surface area (Å²) in [6, 6.07) is 9.24. The van der Waals surface area contributed by atoms with Crippen LogP contribution in [0.2, 0.25) is 0 Å². The van der Waals surface area contributed by atoms with Crippen molar-refractivity contribution in [3.63, 3.8) is 0 Å². The standard InChI is InChI=1S/C21H18O11/c22-9-3-1-8(2-4-9)13-7-12(24)15-11(23)5-10(6-14(15)31-13)30-21-18(27)16(25)17(26)19(32-21)20(28)29/h1-7,16-19,21-23,25-27H,(H,28,29)/t16-,17-,18+,19?,21+/m0/s1. The molecule has 168 valence electrons. The van der Waals surface area contributed by atoms with Crippen molar-refractivity contribution in [2.75, 3.05) is 0 Å². The van der Waals surface area contributed by atoms with Gasteiger partial charge in [0.15, 0.2) is 11.5 Å². The molecule has 32 heavy (non-hydrogen) atoms. The molecule has 1 fully saturated rings. The van der Waals surface area contributed by atoms with Gasteiger partial charge in [-0.1, -0.05) is 0 Å². The lowest BCUT2D eigenvalue weighted by Gasteiger charge is -2.38. The number of carboxylic acids is 1. The van der Waals surface area contributed by atoms with Gasteiger partial charge in [-0.15, -0.1) is 0 Å². The summed E-state index contributed by atoms with van der Waals surface area (Å²) in [6.07, 6.45) is -9.15. The molecule has 0 amide bonds. The van der Waals surface area contributed by atoms with Gasteiger partial charge in [-0.05, 0) is 24.3 Å². The van der Waals surface area contributed by atoms with E-state index in [-0.39, 0.29) is 28.2 Å². The van der Waals surface area contributed by atoms with Crippen LogP contribution in [0.1, 0.15) is 0 Å². The van der Waals surface area contributed by atoms with Gasteiger partial charge in [0.2, 0.25) is 6.29 Å². The van der Waals surface area contributed by atoms with E-state index >= 15 is 0 Å². The van der Waals surface area contributed by atoms with Crippen LogP contribution in [-0.4, -0.2) is 67.3 Å². The Labute approximate surface area is 178 Å². The number of fused-ring (bicyclic) bond motifs is 1. The van der Waals surface area contributed by atoms with Gasteiger partial charge >= 0.3 is 5.97 Å². The molecule has 1 unspecified atom stereocenters. The third-order valence-electron chi connectivity index (χ3n) is 5.00. The highest BCUT2D eigenvalue weighted by Crippen LogP contribution is 2.33. The maximum absolute atomic E-state index is 12.5. The molecule has 1 aromatic heterocycles. The van der Waals surface area contributed by atoms with E-state index in [1.54, 1.807) is 0 Å². The summed E-state index contributed by atoms with van der Waals surface area (Å²) >= 11 is 0. The summed E-state index contributed by atoms with van der Waals surface area (Å²) in [5, 5.41) is 58.5. The monoisotopic (exact) mass is 446 g/mol. The number of rotatable bonds is 4. The largest absolute Gasteiger partial charge is 0.508 e. The SMILES string of the molecule is O=C(O)C1O[C@@H](Oc2cc(O)c3c(=O)cc(-c4ccc(O)cc4)oc3c2)[C@H](O)[C@@H](O)[C@@H]1O. The molecule has 0 spiro atoms. The van der Waals surface area contributed by atoms with Crippen molar-refractivity contribution in [3.8, 4) is 28.6 Å².